The average Bonchev–Trinajstić information content (AvgIpc) is 3.34. The van der Waals surface area contributed by atoms with E-state index < -0.39 is 0 Å². The van der Waals surface area contributed by atoms with Crippen molar-refractivity contribution in [3.05, 3.63) is 66.0 Å². The normalized spacial score (nSPS) is 14.7. The number of hydrogen-bond donors (Lipinski definition) is 1. The van der Waals surface area contributed by atoms with Crippen LogP contribution in [0.25, 0.3) is 11.4 Å². The molecule has 0 radical (unpaired) electrons. The Labute approximate surface area is 148 Å². The number of aromatic nitrogens is 3. The lowest BCUT2D eigenvalue weighted by atomic mass is 10.0. The molecule has 0 aliphatic heterocycles. The van der Waals surface area contributed by atoms with E-state index in [0.29, 0.717) is 6.61 Å². The minimum Gasteiger partial charge on any atom is -0.489 e. The van der Waals surface area contributed by atoms with E-state index in [1.807, 2.05) is 42.5 Å². The number of nitrogens with one attached hydrogen (secondary N) is 1. The standard InChI is InChI=1S/C21H23N3O/c1-2-8-17(9-3-1)15-25-19-12-10-18(11-13-19)21-22-20(23-24-21)14-16-6-4-5-7-16/h1-3,8-13,16H,4-7,14-15H2,(H,22,23,24). The molecule has 0 unspecified atom stereocenters. The minimum absolute atomic E-state index is 0.576. The van der Waals surface area contributed by atoms with Crippen LogP contribution in [0, 0.1) is 5.92 Å². The van der Waals surface area contributed by atoms with Crippen LogP contribution in [-0.4, -0.2) is 15.2 Å². The molecule has 0 amide bonds. The summed E-state index contributed by atoms with van der Waals surface area (Å²) in [5, 5.41) is 7.47. The maximum absolute atomic E-state index is 5.83. The van der Waals surface area contributed by atoms with Crippen molar-refractivity contribution in [2.75, 3.05) is 0 Å². The second kappa shape index (κ2) is 7.51. The summed E-state index contributed by atoms with van der Waals surface area (Å²) in [6.07, 6.45) is 6.38. The number of nitrogens with zero attached hydrogens (tertiary/aromatic N) is 2. The lowest BCUT2D eigenvalue weighted by Gasteiger charge is -2.06. The highest BCUT2D eigenvalue weighted by atomic mass is 16.5. The zero-order chi connectivity index (χ0) is 16.9. The van der Waals surface area contributed by atoms with Gasteiger partial charge in [-0.2, -0.15) is 5.10 Å². The van der Waals surface area contributed by atoms with Gasteiger partial charge in [-0.15, -0.1) is 0 Å². The Bertz CT molecular complexity index is 790. The predicted octanol–water partition coefficient (Wildman–Crippen LogP) is 4.78. The third-order valence-corrected chi connectivity index (χ3v) is 4.85. The van der Waals surface area contributed by atoms with Gasteiger partial charge in [0.1, 0.15) is 18.2 Å². The van der Waals surface area contributed by atoms with E-state index in [9.17, 15) is 0 Å². The van der Waals surface area contributed by atoms with E-state index in [0.717, 1.165) is 40.9 Å². The molecule has 1 fully saturated rings. The van der Waals surface area contributed by atoms with Crippen molar-refractivity contribution in [1.82, 2.24) is 15.2 Å². The van der Waals surface area contributed by atoms with Gasteiger partial charge >= 0.3 is 0 Å². The largest absolute Gasteiger partial charge is 0.489 e. The number of aromatic amines is 1. The smallest absolute Gasteiger partial charge is 0.181 e. The molecular weight excluding hydrogens is 310 g/mol. The van der Waals surface area contributed by atoms with Gasteiger partial charge < -0.3 is 4.74 Å². The molecule has 0 bridgehead atoms. The molecule has 3 aromatic rings. The van der Waals surface area contributed by atoms with Crippen LogP contribution in [0.4, 0.5) is 0 Å². The van der Waals surface area contributed by atoms with E-state index in [1.165, 1.54) is 25.7 Å². The topological polar surface area (TPSA) is 50.8 Å². The highest BCUT2D eigenvalue weighted by Gasteiger charge is 2.17. The molecule has 0 saturated heterocycles. The van der Waals surface area contributed by atoms with Crippen molar-refractivity contribution in [2.45, 2.75) is 38.7 Å². The van der Waals surface area contributed by atoms with E-state index in [4.69, 9.17) is 4.74 Å². The monoisotopic (exact) mass is 333 g/mol. The Hall–Kier alpha value is -2.62. The average molecular weight is 333 g/mol. The van der Waals surface area contributed by atoms with E-state index in [2.05, 4.69) is 27.3 Å². The lowest BCUT2D eigenvalue weighted by Crippen LogP contribution is -2.00. The van der Waals surface area contributed by atoms with Gasteiger partial charge in [-0.05, 0) is 35.7 Å². The highest BCUT2D eigenvalue weighted by molar-refractivity contribution is 5.55. The summed E-state index contributed by atoms with van der Waals surface area (Å²) in [5.74, 6) is 3.40. The molecule has 1 heterocycles. The molecule has 1 N–H and O–H groups in total. The summed E-state index contributed by atoms with van der Waals surface area (Å²) < 4.78 is 5.83. The molecule has 25 heavy (non-hydrogen) atoms. The number of ether oxygens (including phenoxy) is 1. The number of hydrogen-bond acceptors (Lipinski definition) is 3. The van der Waals surface area contributed by atoms with Crippen molar-refractivity contribution in [3.63, 3.8) is 0 Å². The molecule has 4 nitrogen and oxygen atoms in total. The number of benzene rings is 2. The van der Waals surface area contributed by atoms with Crippen LogP contribution < -0.4 is 4.74 Å². The summed E-state index contributed by atoms with van der Waals surface area (Å²) in [5.41, 5.74) is 2.18. The van der Waals surface area contributed by atoms with Crippen LogP contribution in [-0.2, 0) is 13.0 Å². The van der Waals surface area contributed by atoms with E-state index in [1.54, 1.807) is 0 Å². The third kappa shape index (κ3) is 4.08. The van der Waals surface area contributed by atoms with Crippen molar-refractivity contribution >= 4 is 0 Å². The quantitative estimate of drug-likeness (QED) is 0.706. The molecule has 128 valence electrons. The Morgan fingerprint density at radius 2 is 1.72 bits per heavy atom. The van der Waals surface area contributed by atoms with Gasteiger partial charge in [-0.3, -0.25) is 5.10 Å². The summed E-state index contributed by atoms with van der Waals surface area (Å²) in [6, 6.07) is 18.2. The van der Waals surface area contributed by atoms with Gasteiger partial charge in [0.05, 0.1) is 0 Å². The molecule has 1 aliphatic carbocycles. The van der Waals surface area contributed by atoms with Crippen LogP contribution in [0.5, 0.6) is 5.75 Å². The van der Waals surface area contributed by atoms with Gasteiger partial charge in [0.2, 0.25) is 0 Å². The number of rotatable bonds is 6. The van der Waals surface area contributed by atoms with Crippen molar-refractivity contribution in [2.24, 2.45) is 5.92 Å². The van der Waals surface area contributed by atoms with Crippen LogP contribution in [0.3, 0.4) is 0 Å². The first-order valence-electron chi connectivity index (χ1n) is 9.05. The van der Waals surface area contributed by atoms with Gasteiger partial charge in [0.15, 0.2) is 5.82 Å². The van der Waals surface area contributed by atoms with Crippen LogP contribution in [0.2, 0.25) is 0 Å². The maximum Gasteiger partial charge on any atom is 0.181 e. The van der Waals surface area contributed by atoms with Crippen LogP contribution in [0.1, 0.15) is 37.1 Å². The van der Waals surface area contributed by atoms with Crippen LogP contribution >= 0.6 is 0 Å². The fourth-order valence-electron chi connectivity index (χ4n) is 3.44. The molecule has 2 aromatic carbocycles. The van der Waals surface area contributed by atoms with Gasteiger partial charge in [-0.25, -0.2) is 4.98 Å². The summed E-state index contributed by atoms with van der Waals surface area (Å²) >= 11 is 0. The number of H-pyrrole nitrogens is 1. The summed E-state index contributed by atoms with van der Waals surface area (Å²) in [4.78, 5) is 4.66. The van der Waals surface area contributed by atoms with Crippen molar-refractivity contribution in [3.8, 4) is 17.1 Å². The zero-order valence-corrected chi connectivity index (χ0v) is 14.3. The SMILES string of the molecule is c1ccc(COc2ccc(-c3n[nH]c(CC4CCCC4)n3)cc2)cc1. The van der Waals surface area contributed by atoms with Gasteiger partial charge in [0.25, 0.3) is 0 Å². The Morgan fingerprint density at radius 3 is 2.48 bits per heavy atom. The predicted molar refractivity (Wildman–Crippen MR) is 98.3 cm³/mol. The molecule has 4 heteroatoms. The minimum atomic E-state index is 0.576. The zero-order valence-electron chi connectivity index (χ0n) is 14.3. The Balaban J connectivity index is 1.37. The second-order valence-corrected chi connectivity index (χ2v) is 6.76. The van der Waals surface area contributed by atoms with Crippen LogP contribution in [0.15, 0.2) is 54.6 Å². The summed E-state index contributed by atoms with van der Waals surface area (Å²) in [6.45, 7) is 0.576. The van der Waals surface area contributed by atoms with Crippen molar-refractivity contribution in [1.29, 1.82) is 0 Å². The molecule has 1 aliphatic rings. The Kier molecular flexibility index (Phi) is 4.77. The fraction of sp³-hybridized carbons (Fsp3) is 0.333. The fourth-order valence-corrected chi connectivity index (χ4v) is 3.44. The van der Waals surface area contributed by atoms with E-state index in [-0.39, 0.29) is 0 Å². The molecule has 0 spiro atoms. The molecule has 1 saturated carbocycles. The molecule has 1 aromatic heterocycles. The maximum atomic E-state index is 5.83. The van der Waals surface area contributed by atoms with Gasteiger partial charge in [0, 0.05) is 12.0 Å². The second-order valence-electron chi connectivity index (χ2n) is 6.76. The summed E-state index contributed by atoms with van der Waals surface area (Å²) in [7, 11) is 0. The molecular formula is C21H23N3O. The molecule has 4 rings (SSSR count). The first-order valence-corrected chi connectivity index (χ1v) is 9.05. The van der Waals surface area contributed by atoms with Gasteiger partial charge in [-0.1, -0.05) is 56.0 Å². The first kappa shape index (κ1) is 15.9. The first-order chi connectivity index (χ1) is 12.4. The van der Waals surface area contributed by atoms with E-state index >= 15 is 0 Å². The van der Waals surface area contributed by atoms with Crippen molar-refractivity contribution < 1.29 is 4.74 Å². The highest BCUT2D eigenvalue weighted by Crippen LogP contribution is 2.27. The molecule has 0 atom stereocenters. The third-order valence-electron chi connectivity index (χ3n) is 4.85. The Morgan fingerprint density at radius 1 is 0.960 bits per heavy atom. The lowest BCUT2D eigenvalue weighted by molar-refractivity contribution is 0.306.